The summed E-state index contributed by atoms with van der Waals surface area (Å²) in [6.07, 6.45) is 0.800. The highest BCUT2D eigenvalue weighted by atomic mass is 16.5. The van der Waals surface area contributed by atoms with Crippen LogP contribution in [-0.2, 0) is 9.53 Å². The Bertz CT molecular complexity index is 546. The van der Waals surface area contributed by atoms with Gasteiger partial charge >= 0.3 is 5.97 Å². The van der Waals surface area contributed by atoms with E-state index in [1.54, 1.807) is 0 Å². The lowest BCUT2D eigenvalue weighted by Crippen LogP contribution is -2.24. The second-order valence-electron chi connectivity index (χ2n) is 4.21. The van der Waals surface area contributed by atoms with Crippen molar-refractivity contribution in [3.63, 3.8) is 0 Å². The zero-order chi connectivity index (χ0) is 13.0. The minimum absolute atomic E-state index is 0.367. The zero-order valence-electron chi connectivity index (χ0n) is 10.4. The molecule has 18 heavy (non-hydrogen) atoms. The zero-order valence-corrected chi connectivity index (χ0v) is 10.4. The van der Waals surface area contributed by atoms with E-state index in [1.807, 2.05) is 49.4 Å². The number of fused-ring (bicyclic) bond motifs is 1. The van der Waals surface area contributed by atoms with Crippen LogP contribution in [0.1, 0.15) is 24.9 Å². The Balaban J connectivity index is 2.32. The first-order chi connectivity index (χ1) is 8.74. The van der Waals surface area contributed by atoms with Gasteiger partial charge in [0.2, 0.25) is 0 Å². The normalized spacial score (nSPS) is 12.3. The fraction of sp³-hybridized carbons (Fsp3) is 0.267. The number of hydrogen-bond acceptors (Lipinski definition) is 3. The molecule has 0 aliphatic carbocycles. The highest BCUT2D eigenvalue weighted by molar-refractivity contribution is 5.90. The maximum Gasteiger partial charge on any atom is 0.327 e. The molecular weight excluding hydrogens is 226 g/mol. The van der Waals surface area contributed by atoms with Crippen molar-refractivity contribution in [3.05, 3.63) is 48.0 Å². The van der Waals surface area contributed by atoms with Crippen LogP contribution >= 0.6 is 0 Å². The fourth-order valence-electron chi connectivity index (χ4n) is 1.94. The lowest BCUT2D eigenvalue weighted by Gasteiger charge is -2.13. The molecule has 0 radical (unpaired) electrons. The molecule has 0 spiro atoms. The third kappa shape index (κ3) is 2.51. The molecule has 0 fully saturated rings. The summed E-state index contributed by atoms with van der Waals surface area (Å²) in [7, 11) is 0. The van der Waals surface area contributed by atoms with Crippen LogP contribution < -0.4 is 5.73 Å². The van der Waals surface area contributed by atoms with Gasteiger partial charge in [-0.05, 0) is 22.8 Å². The Morgan fingerprint density at radius 1 is 1.22 bits per heavy atom. The molecule has 0 aliphatic heterocycles. The summed E-state index contributed by atoms with van der Waals surface area (Å²) in [5.74, 6) is -0.367. The van der Waals surface area contributed by atoms with Crippen molar-refractivity contribution < 1.29 is 9.53 Å². The molecule has 0 heterocycles. The smallest absolute Gasteiger partial charge is 0.327 e. The maximum absolute atomic E-state index is 11.8. The first-order valence-corrected chi connectivity index (χ1v) is 6.14. The number of esters is 1. The largest absolute Gasteiger partial charge is 0.464 e. The van der Waals surface area contributed by atoms with Gasteiger partial charge in [0.05, 0.1) is 6.61 Å². The van der Waals surface area contributed by atoms with Crippen LogP contribution in [0.3, 0.4) is 0 Å². The van der Waals surface area contributed by atoms with E-state index < -0.39 is 6.04 Å². The van der Waals surface area contributed by atoms with E-state index in [2.05, 4.69) is 0 Å². The van der Waals surface area contributed by atoms with Crippen LogP contribution in [0.15, 0.2) is 42.5 Å². The molecule has 94 valence electrons. The number of carbonyl (C=O) groups excluding carboxylic acids is 1. The lowest BCUT2D eigenvalue weighted by atomic mass is 9.99. The van der Waals surface area contributed by atoms with Gasteiger partial charge in [0, 0.05) is 0 Å². The molecule has 0 saturated heterocycles. The van der Waals surface area contributed by atoms with Crippen LogP contribution in [0.4, 0.5) is 0 Å². The Hall–Kier alpha value is -1.87. The summed E-state index contributed by atoms with van der Waals surface area (Å²) in [5, 5.41) is 2.08. The van der Waals surface area contributed by atoms with Gasteiger partial charge in [-0.1, -0.05) is 49.4 Å². The van der Waals surface area contributed by atoms with E-state index in [0.29, 0.717) is 6.61 Å². The summed E-state index contributed by atoms with van der Waals surface area (Å²) in [6.45, 7) is 2.37. The number of carbonyl (C=O) groups is 1. The van der Waals surface area contributed by atoms with Gasteiger partial charge in [0.15, 0.2) is 0 Å². The third-order valence-corrected chi connectivity index (χ3v) is 2.86. The first kappa shape index (κ1) is 12.6. The monoisotopic (exact) mass is 243 g/mol. The van der Waals surface area contributed by atoms with Gasteiger partial charge < -0.3 is 10.5 Å². The number of rotatable bonds is 4. The van der Waals surface area contributed by atoms with Gasteiger partial charge in [-0.15, -0.1) is 0 Å². The van der Waals surface area contributed by atoms with Crippen molar-refractivity contribution in [3.8, 4) is 0 Å². The molecule has 0 amide bonds. The molecule has 1 unspecified atom stereocenters. The highest BCUT2D eigenvalue weighted by Crippen LogP contribution is 2.23. The van der Waals surface area contributed by atoms with E-state index in [4.69, 9.17) is 10.5 Å². The average molecular weight is 243 g/mol. The molecule has 1 atom stereocenters. The first-order valence-electron chi connectivity index (χ1n) is 6.14. The molecule has 0 saturated carbocycles. The Labute approximate surface area is 107 Å². The minimum Gasteiger partial charge on any atom is -0.464 e. The van der Waals surface area contributed by atoms with Crippen LogP contribution in [0.25, 0.3) is 10.8 Å². The number of nitrogens with two attached hydrogens (primary N) is 1. The van der Waals surface area contributed by atoms with Crippen molar-refractivity contribution in [2.75, 3.05) is 6.61 Å². The van der Waals surface area contributed by atoms with Gasteiger partial charge in [-0.2, -0.15) is 0 Å². The Kier molecular flexibility index (Phi) is 3.95. The van der Waals surface area contributed by atoms with Gasteiger partial charge in [0.25, 0.3) is 0 Å². The van der Waals surface area contributed by atoms with E-state index in [0.717, 1.165) is 22.8 Å². The number of ether oxygens (including phenoxy) is 1. The average Bonchev–Trinajstić information content (AvgIpc) is 2.43. The molecular formula is C15H17NO2. The lowest BCUT2D eigenvalue weighted by molar-refractivity contribution is -0.145. The Morgan fingerprint density at radius 3 is 2.72 bits per heavy atom. The van der Waals surface area contributed by atoms with Crippen molar-refractivity contribution in [1.82, 2.24) is 0 Å². The predicted octanol–water partition coefficient (Wildman–Crippen LogP) is 2.79. The topological polar surface area (TPSA) is 52.3 Å². The molecule has 0 bridgehead atoms. The summed E-state index contributed by atoms with van der Waals surface area (Å²) in [6, 6.07) is 12.9. The number of benzene rings is 2. The minimum atomic E-state index is -0.720. The van der Waals surface area contributed by atoms with Gasteiger partial charge in [0.1, 0.15) is 6.04 Å². The van der Waals surface area contributed by atoms with Gasteiger partial charge in [-0.25, -0.2) is 4.79 Å². The van der Waals surface area contributed by atoms with Crippen LogP contribution in [0, 0.1) is 0 Å². The van der Waals surface area contributed by atoms with E-state index in [-0.39, 0.29) is 5.97 Å². The van der Waals surface area contributed by atoms with E-state index in [1.165, 1.54) is 0 Å². The fourth-order valence-corrected chi connectivity index (χ4v) is 1.94. The van der Waals surface area contributed by atoms with Crippen molar-refractivity contribution in [2.24, 2.45) is 5.73 Å². The standard InChI is InChI=1S/C15H17NO2/c1-2-10-18-15(17)14(16)13-9-5-7-11-6-3-4-8-12(11)13/h3-9,14H,2,10,16H2,1H3. The van der Waals surface area contributed by atoms with Crippen molar-refractivity contribution >= 4 is 16.7 Å². The number of hydrogen-bond donors (Lipinski definition) is 1. The van der Waals surface area contributed by atoms with Crippen molar-refractivity contribution in [1.29, 1.82) is 0 Å². The van der Waals surface area contributed by atoms with Gasteiger partial charge in [-0.3, -0.25) is 0 Å². The van der Waals surface area contributed by atoms with E-state index in [9.17, 15) is 4.79 Å². The highest BCUT2D eigenvalue weighted by Gasteiger charge is 2.18. The molecule has 0 aromatic heterocycles. The van der Waals surface area contributed by atoms with Crippen LogP contribution in [0.5, 0.6) is 0 Å². The molecule has 2 N–H and O–H groups in total. The SMILES string of the molecule is CCCOC(=O)C(N)c1cccc2ccccc12. The molecule has 0 aliphatic rings. The second-order valence-corrected chi connectivity index (χ2v) is 4.21. The molecule has 2 rings (SSSR count). The predicted molar refractivity (Wildman–Crippen MR) is 72.1 cm³/mol. The molecule has 3 nitrogen and oxygen atoms in total. The van der Waals surface area contributed by atoms with Crippen LogP contribution in [-0.4, -0.2) is 12.6 Å². The quantitative estimate of drug-likeness (QED) is 0.840. The molecule has 2 aromatic rings. The molecule has 3 heteroatoms. The van der Waals surface area contributed by atoms with Crippen molar-refractivity contribution in [2.45, 2.75) is 19.4 Å². The summed E-state index contributed by atoms with van der Waals surface area (Å²) >= 11 is 0. The van der Waals surface area contributed by atoms with Crippen LogP contribution in [0.2, 0.25) is 0 Å². The summed E-state index contributed by atoms with van der Waals surface area (Å²) < 4.78 is 5.09. The summed E-state index contributed by atoms with van der Waals surface area (Å²) in [4.78, 5) is 11.8. The maximum atomic E-state index is 11.8. The third-order valence-electron chi connectivity index (χ3n) is 2.86. The molecule has 2 aromatic carbocycles. The second kappa shape index (κ2) is 5.65. The van der Waals surface area contributed by atoms with E-state index >= 15 is 0 Å². The summed E-state index contributed by atoms with van der Waals surface area (Å²) in [5.41, 5.74) is 6.78. The Morgan fingerprint density at radius 2 is 1.94 bits per heavy atom.